The molecule has 5 nitrogen and oxygen atoms in total. The quantitative estimate of drug-likeness (QED) is 0.559. The van der Waals surface area contributed by atoms with Gasteiger partial charge in [0.05, 0.1) is 28.3 Å². The minimum Gasteiger partial charge on any atom is -0.357 e. The Kier molecular flexibility index (Phi) is 4.69. The number of hydrogen-bond donors (Lipinski definition) is 0. The second kappa shape index (κ2) is 7.21. The Labute approximate surface area is 173 Å². The molecule has 4 heterocycles. The van der Waals surface area contributed by atoms with E-state index in [1.807, 2.05) is 27.7 Å². The van der Waals surface area contributed by atoms with Crippen LogP contribution in [0.3, 0.4) is 0 Å². The predicted molar refractivity (Wildman–Crippen MR) is 110 cm³/mol. The Bertz CT molecular complexity index is 1060. The molecule has 146 valence electrons. The van der Waals surface area contributed by atoms with Gasteiger partial charge in [0, 0.05) is 35.9 Å². The molecule has 0 bridgehead atoms. The van der Waals surface area contributed by atoms with Gasteiger partial charge in [-0.2, -0.15) is 5.10 Å². The number of carbonyl (C=O) groups excluding carboxylic acids is 1. The summed E-state index contributed by atoms with van der Waals surface area (Å²) < 4.78 is 9.78. The Morgan fingerprint density at radius 1 is 1.14 bits per heavy atom. The number of aryl methyl sites for hydroxylation is 1. The van der Waals surface area contributed by atoms with Gasteiger partial charge in [-0.1, -0.05) is 23.2 Å². The van der Waals surface area contributed by atoms with Crippen molar-refractivity contribution in [2.45, 2.75) is 51.3 Å². The van der Waals surface area contributed by atoms with E-state index in [1.54, 1.807) is 0 Å². The van der Waals surface area contributed by atoms with Crippen molar-refractivity contribution < 1.29 is 9.53 Å². The van der Waals surface area contributed by atoms with E-state index in [0.717, 1.165) is 66.4 Å². The van der Waals surface area contributed by atoms with Crippen LogP contribution in [0, 0.1) is 0 Å². The molecular weight excluding hydrogens is 397 g/mol. The lowest BCUT2D eigenvalue weighted by atomic mass is 10.0. The fourth-order valence-electron chi connectivity index (χ4n) is 4.34. The third-order valence-electron chi connectivity index (χ3n) is 5.75. The Morgan fingerprint density at radius 3 is 2.86 bits per heavy atom. The van der Waals surface area contributed by atoms with Crippen molar-refractivity contribution >= 4 is 39.9 Å². The van der Waals surface area contributed by atoms with Crippen LogP contribution in [0.1, 0.15) is 44.0 Å². The van der Waals surface area contributed by atoms with Gasteiger partial charge in [0.2, 0.25) is 0 Å². The number of nitrogens with zero attached hydrogens (tertiary/aromatic N) is 3. The number of hydrogen-bond acceptors (Lipinski definition) is 3. The smallest absolute Gasteiger partial charge is 0.152 e. The summed E-state index contributed by atoms with van der Waals surface area (Å²) in [5, 5.41) is 6.55. The number of aromatic nitrogens is 3. The predicted octanol–water partition coefficient (Wildman–Crippen LogP) is 5.42. The van der Waals surface area contributed by atoms with Crippen LogP contribution in [0.15, 0.2) is 24.5 Å². The molecule has 0 amide bonds. The maximum atomic E-state index is 12.2. The molecule has 1 saturated heterocycles. The lowest BCUT2D eigenvalue weighted by molar-refractivity contribution is -0.119. The second-order valence-electron chi connectivity index (χ2n) is 7.63. The molecule has 2 aliphatic rings. The Morgan fingerprint density at radius 2 is 2.04 bits per heavy atom. The van der Waals surface area contributed by atoms with Crippen molar-refractivity contribution in [3.05, 3.63) is 40.3 Å². The summed E-state index contributed by atoms with van der Waals surface area (Å²) in [6, 6.07) is 4.05. The average molecular weight is 418 g/mol. The minimum absolute atomic E-state index is 0.0101. The first-order valence-electron chi connectivity index (χ1n) is 9.80. The third kappa shape index (κ3) is 3.06. The molecule has 3 aromatic rings. The molecule has 2 aromatic heterocycles. The molecular formula is C21H21Cl2N3O2. The van der Waals surface area contributed by atoms with Crippen molar-refractivity contribution in [1.82, 2.24) is 14.3 Å². The van der Waals surface area contributed by atoms with E-state index in [1.165, 1.54) is 0 Å². The van der Waals surface area contributed by atoms with E-state index < -0.39 is 0 Å². The van der Waals surface area contributed by atoms with Gasteiger partial charge in [0.1, 0.15) is 6.23 Å². The molecule has 0 radical (unpaired) electrons. The van der Waals surface area contributed by atoms with Crippen LogP contribution >= 0.6 is 23.2 Å². The van der Waals surface area contributed by atoms with E-state index in [9.17, 15) is 4.79 Å². The summed E-state index contributed by atoms with van der Waals surface area (Å²) in [5.41, 5.74) is 3.94. The van der Waals surface area contributed by atoms with E-state index in [4.69, 9.17) is 27.9 Å². The van der Waals surface area contributed by atoms with Crippen LogP contribution < -0.4 is 0 Å². The molecule has 5 rings (SSSR count). The highest BCUT2D eigenvalue weighted by atomic mass is 35.5. The molecule has 0 aliphatic carbocycles. The molecule has 1 unspecified atom stereocenters. The number of fused-ring (bicyclic) bond motifs is 3. The number of benzene rings is 1. The molecule has 0 saturated carbocycles. The Hall–Kier alpha value is -1.82. The lowest BCUT2D eigenvalue weighted by Crippen LogP contribution is -2.18. The molecule has 0 N–H and O–H groups in total. The first-order valence-corrected chi connectivity index (χ1v) is 10.6. The van der Waals surface area contributed by atoms with Crippen LogP contribution in [-0.2, 0) is 22.5 Å². The number of rotatable bonds is 2. The number of Topliss-reactive ketones (excluding diaryl/α,β-unsaturated/α-hetero) is 1. The van der Waals surface area contributed by atoms with E-state index in [0.29, 0.717) is 23.0 Å². The van der Waals surface area contributed by atoms with E-state index in [2.05, 4.69) is 11.2 Å². The van der Waals surface area contributed by atoms with Gasteiger partial charge < -0.3 is 9.30 Å². The highest BCUT2D eigenvalue weighted by Crippen LogP contribution is 2.41. The molecule has 2 aliphatic heterocycles. The summed E-state index contributed by atoms with van der Waals surface area (Å²) in [6.07, 6.45) is 9.43. The molecule has 28 heavy (non-hydrogen) atoms. The molecule has 1 atom stereocenters. The topological polar surface area (TPSA) is 49.1 Å². The lowest BCUT2D eigenvalue weighted by Gasteiger charge is -2.22. The summed E-state index contributed by atoms with van der Waals surface area (Å²) in [6.45, 7) is 1.13. The van der Waals surface area contributed by atoms with Gasteiger partial charge in [0.25, 0.3) is 0 Å². The first kappa shape index (κ1) is 18.2. The maximum Gasteiger partial charge on any atom is 0.152 e. The summed E-state index contributed by atoms with van der Waals surface area (Å²) in [7, 11) is 0. The highest BCUT2D eigenvalue weighted by Gasteiger charge is 2.23. The van der Waals surface area contributed by atoms with Crippen molar-refractivity contribution in [2.24, 2.45) is 0 Å². The number of ketones is 1. The molecule has 7 heteroatoms. The first-order chi connectivity index (χ1) is 13.6. The summed E-state index contributed by atoms with van der Waals surface area (Å²) in [5.74, 6) is 0.233. The van der Waals surface area contributed by atoms with Gasteiger partial charge in [0.15, 0.2) is 5.78 Å². The van der Waals surface area contributed by atoms with Gasteiger partial charge in [-0.3, -0.25) is 4.79 Å². The maximum absolute atomic E-state index is 12.2. The zero-order valence-corrected chi connectivity index (χ0v) is 17.0. The van der Waals surface area contributed by atoms with Crippen molar-refractivity contribution in [1.29, 1.82) is 0 Å². The average Bonchev–Trinajstić information content (AvgIpc) is 3.27. The zero-order valence-electron chi connectivity index (χ0n) is 15.5. The fraction of sp³-hybridized carbons (Fsp3) is 0.429. The second-order valence-corrected chi connectivity index (χ2v) is 8.41. The SMILES string of the molecule is O=C1CCCc2cc3c(-c4cnn(C5CCCCO5)c4)cc(Cl)c(Cl)c3n2C1. The number of carbonyl (C=O) groups is 1. The van der Waals surface area contributed by atoms with Crippen LogP contribution in [0.4, 0.5) is 0 Å². The van der Waals surface area contributed by atoms with Gasteiger partial charge in [-0.15, -0.1) is 0 Å². The van der Waals surface area contributed by atoms with E-state index in [-0.39, 0.29) is 12.0 Å². The Balaban J connectivity index is 1.64. The van der Waals surface area contributed by atoms with Gasteiger partial charge >= 0.3 is 0 Å². The molecule has 1 aromatic carbocycles. The largest absolute Gasteiger partial charge is 0.357 e. The van der Waals surface area contributed by atoms with Crippen molar-refractivity contribution in [2.75, 3.05) is 6.61 Å². The fourth-order valence-corrected chi connectivity index (χ4v) is 4.80. The van der Waals surface area contributed by atoms with Crippen LogP contribution in [0.5, 0.6) is 0 Å². The van der Waals surface area contributed by atoms with Crippen molar-refractivity contribution in [3.8, 4) is 11.1 Å². The third-order valence-corrected chi connectivity index (χ3v) is 6.53. The minimum atomic E-state index is -0.0101. The van der Waals surface area contributed by atoms with Gasteiger partial charge in [-0.25, -0.2) is 4.68 Å². The monoisotopic (exact) mass is 417 g/mol. The standard InChI is InChI=1S/C21H21Cl2N3O2/c22-18-9-16(13-10-24-26(11-13)19-6-1-2-7-28-19)17-8-14-4-3-5-15(27)12-25(14)21(17)20(18)23/h8-11,19H,1-7,12H2. The molecule has 0 spiro atoms. The highest BCUT2D eigenvalue weighted by molar-refractivity contribution is 6.45. The number of halogens is 2. The summed E-state index contributed by atoms with van der Waals surface area (Å²) >= 11 is 13.1. The van der Waals surface area contributed by atoms with Crippen molar-refractivity contribution in [3.63, 3.8) is 0 Å². The van der Waals surface area contributed by atoms with Crippen LogP contribution in [-0.4, -0.2) is 26.7 Å². The van der Waals surface area contributed by atoms with E-state index >= 15 is 0 Å². The normalized spacial score (nSPS) is 20.4. The summed E-state index contributed by atoms with van der Waals surface area (Å²) in [4.78, 5) is 12.2. The van der Waals surface area contributed by atoms with Gasteiger partial charge in [-0.05, 0) is 49.8 Å². The molecule has 1 fully saturated rings. The zero-order chi connectivity index (χ0) is 19.3. The van der Waals surface area contributed by atoms with Crippen LogP contribution in [0.25, 0.3) is 22.0 Å². The number of ether oxygens (including phenoxy) is 1. The van der Waals surface area contributed by atoms with Crippen LogP contribution in [0.2, 0.25) is 10.0 Å².